The fraction of sp³-hybridized carbons (Fsp3) is 0.105. The monoisotopic (exact) mass is 335 g/mol. The van der Waals surface area contributed by atoms with Gasteiger partial charge in [0.1, 0.15) is 0 Å². The maximum absolute atomic E-state index is 12.3. The Kier molecular flexibility index (Phi) is 5.21. The Labute approximate surface area is 145 Å². The quantitative estimate of drug-likeness (QED) is 0.640. The summed E-state index contributed by atoms with van der Waals surface area (Å²) in [4.78, 5) is 30.3. The maximum Gasteiger partial charge on any atom is 0.296 e. The topological polar surface area (TPSA) is 88.1 Å². The molecule has 0 bridgehead atoms. The molecule has 0 unspecified atom stereocenters. The summed E-state index contributed by atoms with van der Waals surface area (Å²) in [6.45, 7) is 0.785. The molecule has 0 aliphatic heterocycles. The van der Waals surface area contributed by atoms with Crippen LogP contribution in [-0.4, -0.2) is 16.8 Å². The number of carbonyl (C=O) groups is 2. The summed E-state index contributed by atoms with van der Waals surface area (Å²) >= 11 is 0. The smallest absolute Gasteiger partial charge is 0.296 e. The van der Waals surface area contributed by atoms with Gasteiger partial charge in [0.05, 0.1) is 0 Å². The molecule has 2 aromatic carbocycles. The van der Waals surface area contributed by atoms with Crippen molar-refractivity contribution in [2.45, 2.75) is 13.1 Å². The van der Waals surface area contributed by atoms with Gasteiger partial charge in [0.25, 0.3) is 11.8 Å². The minimum atomic E-state index is -0.338. The third-order valence-corrected chi connectivity index (χ3v) is 3.73. The lowest BCUT2D eigenvalue weighted by molar-refractivity contribution is -0.379. The van der Waals surface area contributed by atoms with Crippen LogP contribution in [0.1, 0.15) is 32.1 Å². The predicted molar refractivity (Wildman–Crippen MR) is 92.6 cm³/mol. The Morgan fingerprint density at radius 1 is 0.800 bits per heavy atom. The van der Waals surface area contributed by atoms with Crippen LogP contribution in [0.3, 0.4) is 0 Å². The van der Waals surface area contributed by atoms with Gasteiger partial charge in [0, 0.05) is 13.1 Å². The lowest BCUT2D eigenvalue weighted by Gasteiger charge is -2.05. The van der Waals surface area contributed by atoms with Crippen LogP contribution >= 0.6 is 0 Å². The molecular weight excluding hydrogens is 316 g/mol. The minimum Gasteiger partial charge on any atom is -0.345 e. The number of aromatic nitrogens is 2. The van der Waals surface area contributed by atoms with Gasteiger partial charge in [-0.25, -0.2) is 9.97 Å². The van der Waals surface area contributed by atoms with E-state index >= 15 is 0 Å². The van der Waals surface area contributed by atoms with Gasteiger partial charge in [-0.2, -0.15) is 0 Å². The fourth-order valence-electron chi connectivity index (χ4n) is 2.42. The molecule has 6 nitrogen and oxygen atoms in total. The molecule has 0 atom stereocenters. The molecule has 0 saturated heterocycles. The number of hydrogen-bond donors (Lipinski definition) is 3. The van der Waals surface area contributed by atoms with E-state index in [1.807, 2.05) is 60.7 Å². The molecule has 0 fully saturated rings. The minimum absolute atomic E-state index is 0.210. The molecule has 1 heterocycles. The van der Waals surface area contributed by atoms with Crippen LogP contribution in [0, 0.1) is 0 Å². The lowest BCUT2D eigenvalue weighted by atomic mass is 10.2. The highest BCUT2D eigenvalue weighted by Gasteiger charge is 2.25. The van der Waals surface area contributed by atoms with Crippen LogP contribution in [-0.2, 0) is 13.1 Å². The fourth-order valence-corrected chi connectivity index (χ4v) is 2.42. The van der Waals surface area contributed by atoms with Crippen LogP contribution in [0.25, 0.3) is 0 Å². The first-order valence-corrected chi connectivity index (χ1v) is 7.97. The molecule has 126 valence electrons. The Balaban J connectivity index is 1.61. The Morgan fingerprint density at radius 2 is 1.32 bits per heavy atom. The van der Waals surface area contributed by atoms with Crippen LogP contribution < -0.4 is 15.6 Å². The van der Waals surface area contributed by atoms with E-state index < -0.39 is 0 Å². The predicted octanol–water partition coefficient (Wildman–Crippen LogP) is 1.69. The van der Waals surface area contributed by atoms with E-state index in [-0.39, 0.29) is 23.2 Å². The Morgan fingerprint density at radius 3 is 1.88 bits per heavy atom. The van der Waals surface area contributed by atoms with Crippen molar-refractivity contribution in [1.82, 2.24) is 15.6 Å². The molecule has 3 aromatic rings. The van der Waals surface area contributed by atoms with Gasteiger partial charge >= 0.3 is 0 Å². The number of rotatable bonds is 6. The summed E-state index contributed by atoms with van der Waals surface area (Å²) in [7, 11) is 0. The van der Waals surface area contributed by atoms with Crippen molar-refractivity contribution < 1.29 is 14.6 Å². The second-order valence-corrected chi connectivity index (χ2v) is 5.52. The molecule has 0 radical (unpaired) electrons. The number of imidazole rings is 1. The van der Waals surface area contributed by atoms with Crippen molar-refractivity contribution >= 4 is 11.8 Å². The largest absolute Gasteiger partial charge is 0.345 e. The summed E-state index contributed by atoms with van der Waals surface area (Å²) in [5, 5.41) is 5.60. The summed E-state index contributed by atoms with van der Waals surface area (Å²) in [5.41, 5.74) is 2.39. The first-order valence-electron chi connectivity index (χ1n) is 7.97. The van der Waals surface area contributed by atoms with E-state index in [1.165, 1.54) is 6.33 Å². The summed E-state index contributed by atoms with van der Waals surface area (Å²) < 4.78 is 0. The van der Waals surface area contributed by atoms with Gasteiger partial charge in [-0.15, -0.1) is 0 Å². The van der Waals surface area contributed by atoms with Crippen LogP contribution in [0.4, 0.5) is 0 Å². The van der Waals surface area contributed by atoms with Crippen molar-refractivity contribution in [3.05, 3.63) is 89.5 Å². The molecule has 4 N–H and O–H groups in total. The van der Waals surface area contributed by atoms with Gasteiger partial charge in [-0.1, -0.05) is 60.7 Å². The number of benzene rings is 2. The maximum atomic E-state index is 12.3. The second kappa shape index (κ2) is 7.92. The summed E-state index contributed by atoms with van der Waals surface area (Å²) in [5.74, 6) is -0.676. The molecule has 0 aliphatic carbocycles. The number of carbonyl (C=O) groups excluding carboxylic acids is 2. The zero-order chi connectivity index (χ0) is 17.5. The van der Waals surface area contributed by atoms with E-state index in [9.17, 15) is 9.59 Å². The van der Waals surface area contributed by atoms with E-state index in [2.05, 4.69) is 20.6 Å². The first kappa shape index (κ1) is 16.4. The van der Waals surface area contributed by atoms with Crippen molar-refractivity contribution in [3.63, 3.8) is 0 Å². The van der Waals surface area contributed by atoms with Crippen LogP contribution in [0.5, 0.6) is 0 Å². The third kappa shape index (κ3) is 4.32. The average Bonchev–Trinajstić information content (AvgIpc) is 3.16. The van der Waals surface area contributed by atoms with E-state index in [4.69, 9.17) is 0 Å². The number of H-pyrrole nitrogens is 2. The molecular formula is C19H19N4O2+. The van der Waals surface area contributed by atoms with Gasteiger partial charge in [0.2, 0.25) is 17.7 Å². The average molecular weight is 335 g/mol. The molecule has 0 saturated carbocycles. The molecule has 3 rings (SSSR count). The molecule has 2 amide bonds. The third-order valence-electron chi connectivity index (χ3n) is 3.73. The molecule has 6 heteroatoms. The highest BCUT2D eigenvalue weighted by Crippen LogP contribution is 2.03. The number of amides is 2. The lowest BCUT2D eigenvalue weighted by Crippen LogP contribution is -2.32. The van der Waals surface area contributed by atoms with E-state index in [0.717, 1.165) is 11.1 Å². The summed E-state index contributed by atoms with van der Waals surface area (Å²) in [6.07, 6.45) is 1.47. The van der Waals surface area contributed by atoms with Crippen molar-refractivity contribution in [3.8, 4) is 0 Å². The van der Waals surface area contributed by atoms with E-state index in [0.29, 0.717) is 13.1 Å². The van der Waals surface area contributed by atoms with Crippen LogP contribution in [0.15, 0.2) is 67.0 Å². The molecule has 25 heavy (non-hydrogen) atoms. The number of hydrogen-bond acceptors (Lipinski definition) is 2. The second-order valence-electron chi connectivity index (χ2n) is 5.52. The molecule has 1 aromatic heterocycles. The highest BCUT2D eigenvalue weighted by molar-refractivity contribution is 6.03. The highest BCUT2D eigenvalue weighted by atomic mass is 16.2. The number of aromatic amines is 2. The normalized spacial score (nSPS) is 10.2. The zero-order valence-corrected chi connectivity index (χ0v) is 13.6. The van der Waals surface area contributed by atoms with Gasteiger partial charge in [-0.05, 0) is 11.1 Å². The molecule has 0 spiro atoms. The standard InChI is InChI=1S/C19H18N4O2/c24-18(20-11-14-7-3-1-4-8-14)16-17(23-13-22-16)19(25)21-12-15-9-5-2-6-10-15/h1-10,13H,11-12H2,(H,20,24)(H,21,25)(H,22,23)/p+1. The zero-order valence-electron chi connectivity index (χ0n) is 13.6. The number of nitrogens with one attached hydrogen (secondary N) is 4. The molecule has 0 aliphatic rings. The van der Waals surface area contributed by atoms with E-state index in [1.54, 1.807) is 0 Å². The van der Waals surface area contributed by atoms with Crippen molar-refractivity contribution in [2.75, 3.05) is 0 Å². The van der Waals surface area contributed by atoms with Crippen molar-refractivity contribution in [1.29, 1.82) is 0 Å². The first-order chi connectivity index (χ1) is 12.2. The Hall–Kier alpha value is -3.41. The van der Waals surface area contributed by atoms with Crippen molar-refractivity contribution in [2.24, 2.45) is 0 Å². The van der Waals surface area contributed by atoms with Crippen LogP contribution in [0.2, 0.25) is 0 Å². The van der Waals surface area contributed by atoms with Gasteiger partial charge < -0.3 is 10.6 Å². The SMILES string of the molecule is O=C(NCc1ccccc1)c1[nH]c[nH+]c1C(=O)NCc1ccccc1. The summed E-state index contributed by atoms with van der Waals surface area (Å²) in [6, 6.07) is 19.2. The van der Waals surface area contributed by atoms with Gasteiger partial charge in [-0.3, -0.25) is 9.59 Å². The van der Waals surface area contributed by atoms with Gasteiger partial charge in [0.15, 0.2) is 0 Å². The Bertz CT molecular complexity index is 774.